The van der Waals surface area contributed by atoms with Crippen molar-refractivity contribution >= 4 is 17.2 Å². The van der Waals surface area contributed by atoms with E-state index in [1.807, 2.05) is 4.90 Å². The molecule has 2 aromatic rings. The van der Waals surface area contributed by atoms with E-state index >= 15 is 0 Å². The normalized spacial score (nSPS) is 19.2. The zero-order valence-corrected chi connectivity index (χ0v) is 14.1. The number of furan rings is 1. The molecule has 5 nitrogen and oxygen atoms in total. The Balaban J connectivity index is 1.66. The molecule has 3 heterocycles. The fourth-order valence-electron chi connectivity index (χ4n) is 3.08. The zero-order chi connectivity index (χ0) is 16.2. The molecular weight excluding hydrogens is 312 g/mol. The zero-order valence-electron chi connectivity index (χ0n) is 13.3. The molecule has 23 heavy (non-hydrogen) atoms. The molecule has 0 radical (unpaired) electrons. The smallest absolute Gasteiger partial charge is 0.265 e. The molecule has 6 heteroatoms. The first kappa shape index (κ1) is 16.2. The Morgan fingerprint density at radius 3 is 3.22 bits per heavy atom. The molecule has 0 spiro atoms. The van der Waals surface area contributed by atoms with Gasteiger partial charge in [0.25, 0.3) is 5.91 Å². The molecule has 2 atom stereocenters. The summed E-state index contributed by atoms with van der Waals surface area (Å²) >= 11 is 1.49. The number of thiazole rings is 1. The van der Waals surface area contributed by atoms with Crippen LogP contribution < -0.4 is 0 Å². The van der Waals surface area contributed by atoms with Gasteiger partial charge in [0.15, 0.2) is 0 Å². The SMILES string of the molecule is CCCc1ncc(C(=O)N2CCCC2CC(O)c2ccco2)s1. The Hall–Kier alpha value is -1.66. The minimum Gasteiger partial charge on any atom is -0.467 e. The van der Waals surface area contributed by atoms with Crippen molar-refractivity contribution in [3.05, 3.63) is 40.2 Å². The average molecular weight is 334 g/mol. The van der Waals surface area contributed by atoms with Crippen molar-refractivity contribution in [3.8, 4) is 0 Å². The number of hydrogen-bond donors (Lipinski definition) is 1. The Labute approximate surface area is 140 Å². The molecule has 2 aromatic heterocycles. The van der Waals surface area contributed by atoms with Crippen molar-refractivity contribution in [1.29, 1.82) is 0 Å². The largest absolute Gasteiger partial charge is 0.467 e. The van der Waals surface area contributed by atoms with Crippen LogP contribution in [0.2, 0.25) is 0 Å². The summed E-state index contributed by atoms with van der Waals surface area (Å²) in [7, 11) is 0. The number of aliphatic hydroxyl groups is 1. The number of rotatable bonds is 6. The summed E-state index contributed by atoms with van der Waals surface area (Å²) in [5.41, 5.74) is 0. The first-order valence-corrected chi connectivity index (χ1v) is 8.97. The molecule has 1 aliphatic rings. The number of carbonyl (C=O) groups excluding carboxylic acids is 1. The maximum absolute atomic E-state index is 12.7. The predicted molar refractivity (Wildman–Crippen MR) is 88.5 cm³/mol. The fourth-order valence-corrected chi connectivity index (χ4v) is 4.06. The highest BCUT2D eigenvalue weighted by molar-refractivity contribution is 7.13. The maximum atomic E-state index is 12.7. The van der Waals surface area contributed by atoms with E-state index in [1.54, 1.807) is 24.6 Å². The molecule has 1 saturated heterocycles. The lowest BCUT2D eigenvalue weighted by Gasteiger charge is -2.25. The Morgan fingerprint density at radius 2 is 2.48 bits per heavy atom. The van der Waals surface area contributed by atoms with E-state index in [9.17, 15) is 9.90 Å². The van der Waals surface area contributed by atoms with Gasteiger partial charge in [-0.1, -0.05) is 6.92 Å². The second-order valence-corrected chi connectivity index (χ2v) is 7.04. The molecule has 1 amide bonds. The number of likely N-dealkylation sites (tertiary alicyclic amines) is 1. The van der Waals surface area contributed by atoms with Crippen LogP contribution in [0.4, 0.5) is 0 Å². The van der Waals surface area contributed by atoms with Crippen LogP contribution in [0.25, 0.3) is 0 Å². The monoisotopic (exact) mass is 334 g/mol. The van der Waals surface area contributed by atoms with E-state index in [2.05, 4.69) is 11.9 Å². The molecule has 1 N–H and O–H groups in total. The van der Waals surface area contributed by atoms with E-state index in [1.165, 1.54) is 11.3 Å². The van der Waals surface area contributed by atoms with Crippen LogP contribution in [0, 0.1) is 0 Å². The molecule has 0 bridgehead atoms. The highest BCUT2D eigenvalue weighted by Gasteiger charge is 2.32. The minimum absolute atomic E-state index is 0.0407. The maximum Gasteiger partial charge on any atom is 0.265 e. The number of aryl methyl sites for hydroxylation is 1. The highest BCUT2D eigenvalue weighted by Crippen LogP contribution is 2.29. The van der Waals surface area contributed by atoms with E-state index < -0.39 is 6.10 Å². The van der Waals surface area contributed by atoms with Crippen LogP contribution in [-0.4, -0.2) is 33.5 Å². The summed E-state index contributed by atoms with van der Waals surface area (Å²) in [6.45, 7) is 2.85. The molecule has 1 fully saturated rings. The number of amides is 1. The average Bonchev–Trinajstić information content (AvgIpc) is 3.28. The van der Waals surface area contributed by atoms with Gasteiger partial charge in [-0.2, -0.15) is 0 Å². The van der Waals surface area contributed by atoms with Crippen molar-refractivity contribution in [2.75, 3.05) is 6.54 Å². The summed E-state index contributed by atoms with van der Waals surface area (Å²) in [4.78, 5) is 19.7. The Bertz CT molecular complexity index is 638. The van der Waals surface area contributed by atoms with Crippen molar-refractivity contribution in [2.45, 2.75) is 51.2 Å². The Morgan fingerprint density at radius 1 is 1.61 bits per heavy atom. The number of nitrogens with zero attached hydrogens (tertiary/aromatic N) is 2. The standard InChI is InChI=1S/C17H22N2O3S/c1-2-5-16-18-11-15(23-16)17(21)19-8-3-6-12(19)10-13(20)14-7-4-9-22-14/h4,7,9,11-13,20H,2-3,5-6,8,10H2,1H3. The van der Waals surface area contributed by atoms with Gasteiger partial charge in [-0.25, -0.2) is 4.98 Å². The van der Waals surface area contributed by atoms with Gasteiger partial charge >= 0.3 is 0 Å². The van der Waals surface area contributed by atoms with Gasteiger partial charge in [0, 0.05) is 19.0 Å². The molecular formula is C17H22N2O3S. The lowest BCUT2D eigenvalue weighted by atomic mass is 10.1. The third-order valence-corrected chi connectivity index (χ3v) is 5.28. The third kappa shape index (κ3) is 3.64. The molecule has 3 rings (SSSR count). The van der Waals surface area contributed by atoms with Gasteiger partial charge in [0.2, 0.25) is 0 Å². The van der Waals surface area contributed by atoms with E-state index in [-0.39, 0.29) is 11.9 Å². The van der Waals surface area contributed by atoms with Crippen LogP contribution in [0.15, 0.2) is 29.0 Å². The van der Waals surface area contributed by atoms with Crippen LogP contribution >= 0.6 is 11.3 Å². The molecule has 0 aliphatic carbocycles. The summed E-state index contributed by atoms with van der Waals surface area (Å²) in [5, 5.41) is 11.3. The number of aliphatic hydroxyl groups excluding tert-OH is 1. The molecule has 2 unspecified atom stereocenters. The molecule has 0 aromatic carbocycles. The highest BCUT2D eigenvalue weighted by atomic mass is 32.1. The summed E-state index contributed by atoms with van der Waals surface area (Å²) < 4.78 is 5.25. The molecule has 124 valence electrons. The number of hydrogen-bond acceptors (Lipinski definition) is 5. The van der Waals surface area contributed by atoms with Gasteiger partial charge < -0.3 is 14.4 Å². The number of aromatic nitrogens is 1. The second-order valence-electron chi connectivity index (χ2n) is 5.93. The predicted octanol–water partition coefficient (Wildman–Crippen LogP) is 3.42. The van der Waals surface area contributed by atoms with Crippen molar-refractivity contribution < 1.29 is 14.3 Å². The lowest BCUT2D eigenvalue weighted by molar-refractivity contribution is 0.0645. The lowest BCUT2D eigenvalue weighted by Crippen LogP contribution is -2.36. The molecule has 1 aliphatic heterocycles. The van der Waals surface area contributed by atoms with E-state index in [0.29, 0.717) is 17.1 Å². The first-order valence-electron chi connectivity index (χ1n) is 8.16. The van der Waals surface area contributed by atoms with Crippen LogP contribution in [0.5, 0.6) is 0 Å². The summed E-state index contributed by atoms with van der Waals surface area (Å²) in [5.74, 6) is 0.603. The second kappa shape index (κ2) is 7.27. The van der Waals surface area contributed by atoms with Gasteiger partial charge in [-0.05, 0) is 37.8 Å². The van der Waals surface area contributed by atoms with Crippen LogP contribution in [0.1, 0.15) is 59.2 Å². The van der Waals surface area contributed by atoms with Gasteiger partial charge in [0.1, 0.15) is 16.7 Å². The molecule has 0 saturated carbocycles. The van der Waals surface area contributed by atoms with Crippen molar-refractivity contribution in [3.63, 3.8) is 0 Å². The fraction of sp³-hybridized carbons (Fsp3) is 0.529. The quantitative estimate of drug-likeness (QED) is 0.879. The van der Waals surface area contributed by atoms with E-state index in [0.717, 1.165) is 37.2 Å². The van der Waals surface area contributed by atoms with Crippen LogP contribution in [0.3, 0.4) is 0 Å². The van der Waals surface area contributed by atoms with Crippen molar-refractivity contribution in [1.82, 2.24) is 9.88 Å². The van der Waals surface area contributed by atoms with Gasteiger partial charge in [0.05, 0.1) is 17.5 Å². The van der Waals surface area contributed by atoms with E-state index in [4.69, 9.17) is 4.42 Å². The Kier molecular flexibility index (Phi) is 5.13. The summed E-state index contributed by atoms with van der Waals surface area (Å²) in [6, 6.07) is 3.59. The third-order valence-electron chi connectivity index (χ3n) is 4.23. The van der Waals surface area contributed by atoms with Gasteiger partial charge in [-0.15, -0.1) is 11.3 Å². The van der Waals surface area contributed by atoms with Crippen molar-refractivity contribution in [2.24, 2.45) is 0 Å². The van der Waals surface area contributed by atoms with Crippen LogP contribution in [-0.2, 0) is 6.42 Å². The minimum atomic E-state index is -0.666. The topological polar surface area (TPSA) is 66.6 Å². The summed E-state index contributed by atoms with van der Waals surface area (Å²) in [6.07, 6.45) is 6.94. The van der Waals surface area contributed by atoms with Gasteiger partial charge in [-0.3, -0.25) is 4.79 Å². The first-order chi connectivity index (χ1) is 11.2. The number of carbonyl (C=O) groups is 1.